The van der Waals surface area contributed by atoms with Crippen molar-refractivity contribution in [1.29, 1.82) is 5.26 Å². The average Bonchev–Trinajstić information content (AvgIpc) is 3.04. The molecule has 2 nitrogen and oxygen atoms in total. The summed E-state index contributed by atoms with van der Waals surface area (Å²) in [6, 6.07) is 21.1. The van der Waals surface area contributed by atoms with Crippen LogP contribution in [0.2, 0.25) is 0 Å². The fraction of sp³-hybridized carbons (Fsp3) is 0.278. The maximum Gasteiger partial charge on any atom is 0.123 e. The van der Waals surface area contributed by atoms with Crippen LogP contribution in [0, 0.1) is 11.3 Å². The van der Waals surface area contributed by atoms with Gasteiger partial charge in [-0.25, -0.2) is 0 Å². The SMILES string of the molecule is N#CC(c1ccc(-c2ccccc2)cc1)N1CCCC1. The summed E-state index contributed by atoms with van der Waals surface area (Å²) < 4.78 is 0. The molecule has 100 valence electrons. The van der Waals surface area contributed by atoms with Crippen molar-refractivity contribution < 1.29 is 0 Å². The van der Waals surface area contributed by atoms with E-state index in [0.29, 0.717) is 0 Å². The third-order valence-electron chi connectivity index (χ3n) is 3.96. The van der Waals surface area contributed by atoms with Gasteiger partial charge in [0.05, 0.1) is 6.07 Å². The molecule has 1 atom stereocenters. The molecule has 0 radical (unpaired) electrons. The van der Waals surface area contributed by atoms with Gasteiger partial charge in [-0.1, -0.05) is 54.6 Å². The predicted molar refractivity (Wildman–Crippen MR) is 81.0 cm³/mol. The van der Waals surface area contributed by atoms with Crippen molar-refractivity contribution >= 4 is 0 Å². The quantitative estimate of drug-likeness (QED) is 0.835. The molecule has 1 fully saturated rings. The van der Waals surface area contributed by atoms with E-state index in [-0.39, 0.29) is 6.04 Å². The van der Waals surface area contributed by atoms with E-state index < -0.39 is 0 Å². The van der Waals surface area contributed by atoms with Crippen LogP contribution < -0.4 is 0 Å². The first-order valence-electron chi connectivity index (χ1n) is 7.17. The first-order chi connectivity index (χ1) is 9.88. The minimum absolute atomic E-state index is 0.0951. The van der Waals surface area contributed by atoms with Gasteiger partial charge in [0.2, 0.25) is 0 Å². The number of rotatable bonds is 3. The molecule has 0 saturated carbocycles. The van der Waals surface area contributed by atoms with Crippen LogP contribution in [0.15, 0.2) is 54.6 Å². The van der Waals surface area contributed by atoms with Gasteiger partial charge in [0, 0.05) is 0 Å². The Kier molecular flexibility index (Phi) is 3.80. The second-order valence-electron chi connectivity index (χ2n) is 5.26. The molecule has 1 saturated heterocycles. The number of nitriles is 1. The summed E-state index contributed by atoms with van der Waals surface area (Å²) >= 11 is 0. The molecule has 0 aliphatic carbocycles. The van der Waals surface area contributed by atoms with Gasteiger partial charge < -0.3 is 0 Å². The molecule has 1 aliphatic rings. The molecule has 20 heavy (non-hydrogen) atoms. The summed E-state index contributed by atoms with van der Waals surface area (Å²) in [5.41, 5.74) is 3.52. The Morgan fingerprint density at radius 2 is 1.45 bits per heavy atom. The lowest BCUT2D eigenvalue weighted by Crippen LogP contribution is -2.24. The number of hydrogen-bond acceptors (Lipinski definition) is 2. The minimum atomic E-state index is -0.0951. The third-order valence-corrected chi connectivity index (χ3v) is 3.96. The highest BCUT2D eigenvalue weighted by Crippen LogP contribution is 2.27. The predicted octanol–water partition coefficient (Wildman–Crippen LogP) is 4.01. The Bertz CT molecular complexity index is 590. The van der Waals surface area contributed by atoms with Crippen LogP contribution in [0.5, 0.6) is 0 Å². The normalized spacial score (nSPS) is 16.8. The Morgan fingerprint density at radius 1 is 0.850 bits per heavy atom. The van der Waals surface area contributed by atoms with Crippen molar-refractivity contribution in [1.82, 2.24) is 4.90 Å². The molecule has 1 unspecified atom stereocenters. The molecule has 3 rings (SSSR count). The Balaban J connectivity index is 1.84. The van der Waals surface area contributed by atoms with Crippen LogP contribution in [-0.4, -0.2) is 18.0 Å². The average molecular weight is 262 g/mol. The lowest BCUT2D eigenvalue weighted by atomic mass is 10.0. The van der Waals surface area contributed by atoms with Crippen LogP contribution in [0.4, 0.5) is 0 Å². The molecule has 0 spiro atoms. The van der Waals surface area contributed by atoms with Crippen molar-refractivity contribution in [2.24, 2.45) is 0 Å². The lowest BCUT2D eigenvalue weighted by Gasteiger charge is -2.21. The van der Waals surface area contributed by atoms with E-state index >= 15 is 0 Å². The summed E-state index contributed by atoms with van der Waals surface area (Å²) in [5.74, 6) is 0. The van der Waals surface area contributed by atoms with Gasteiger partial charge in [-0.2, -0.15) is 5.26 Å². The Labute approximate surface area is 120 Å². The number of nitrogens with zero attached hydrogens (tertiary/aromatic N) is 2. The zero-order valence-electron chi connectivity index (χ0n) is 11.5. The monoisotopic (exact) mass is 262 g/mol. The zero-order chi connectivity index (χ0) is 13.8. The molecule has 0 bridgehead atoms. The summed E-state index contributed by atoms with van der Waals surface area (Å²) in [4.78, 5) is 2.28. The van der Waals surface area contributed by atoms with Crippen LogP contribution >= 0.6 is 0 Å². The number of benzene rings is 2. The molecule has 0 N–H and O–H groups in total. The molecule has 0 aromatic heterocycles. The van der Waals surface area contributed by atoms with Gasteiger partial charge in [-0.15, -0.1) is 0 Å². The fourth-order valence-electron chi connectivity index (χ4n) is 2.86. The van der Waals surface area contributed by atoms with E-state index in [4.69, 9.17) is 0 Å². The molecular formula is C18H18N2. The van der Waals surface area contributed by atoms with Gasteiger partial charge in [0.1, 0.15) is 6.04 Å². The standard InChI is InChI=1S/C18H18N2/c19-14-18(20-12-4-5-13-20)17-10-8-16(9-11-17)15-6-2-1-3-7-15/h1-3,6-11,18H,4-5,12-13H2. The first kappa shape index (κ1) is 12.9. The smallest absolute Gasteiger partial charge is 0.123 e. The van der Waals surface area contributed by atoms with Gasteiger partial charge in [0.25, 0.3) is 0 Å². The van der Waals surface area contributed by atoms with Crippen molar-refractivity contribution in [2.75, 3.05) is 13.1 Å². The second kappa shape index (κ2) is 5.90. The third kappa shape index (κ3) is 2.59. The summed E-state index contributed by atoms with van der Waals surface area (Å²) in [7, 11) is 0. The lowest BCUT2D eigenvalue weighted by molar-refractivity contribution is 0.294. The van der Waals surface area contributed by atoms with E-state index in [0.717, 1.165) is 18.7 Å². The molecule has 0 amide bonds. The van der Waals surface area contributed by atoms with Crippen molar-refractivity contribution in [3.8, 4) is 17.2 Å². The largest absolute Gasteiger partial charge is 0.284 e. The molecular weight excluding hydrogens is 244 g/mol. The highest BCUT2D eigenvalue weighted by atomic mass is 15.2. The topological polar surface area (TPSA) is 27.0 Å². The first-order valence-corrected chi connectivity index (χ1v) is 7.17. The molecule has 1 heterocycles. The Hall–Kier alpha value is -2.11. The maximum atomic E-state index is 9.43. The van der Waals surface area contributed by atoms with Crippen LogP contribution in [0.25, 0.3) is 11.1 Å². The van der Waals surface area contributed by atoms with E-state index in [1.165, 1.54) is 24.0 Å². The highest BCUT2D eigenvalue weighted by molar-refractivity contribution is 5.63. The van der Waals surface area contributed by atoms with Gasteiger partial charge in [-0.3, -0.25) is 4.90 Å². The van der Waals surface area contributed by atoms with Crippen molar-refractivity contribution in [2.45, 2.75) is 18.9 Å². The van der Waals surface area contributed by atoms with E-state index in [1.54, 1.807) is 0 Å². The maximum absolute atomic E-state index is 9.43. The minimum Gasteiger partial charge on any atom is -0.284 e. The molecule has 2 aromatic carbocycles. The van der Waals surface area contributed by atoms with E-state index in [9.17, 15) is 5.26 Å². The highest BCUT2D eigenvalue weighted by Gasteiger charge is 2.22. The number of hydrogen-bond donors (Lipinski definition) is 0. The molecule has 2 aromatic rings. The fourth-order valence-corrected chi connectivity index (χ4v) is 2.86. The van der Waals surface area contributed by atoms with Crippen LogP contribution in [0.3, 0.4) is 0 Å². The van der Waals surface area contributed by atoms with Gasteiger partial charge in [-0.05, 0) is 42.6 Å². The molecule has 1 aliphatic heterocycles. The number of likely N-dealkylation sites (tertiary alicyclic amines) is 1. The van der Waals surface area contributed by atoms with E-state index in [1.807, 2.05) is 18.2 Å². The van der Waals surface area contributed by atoms with E-state index in [2.05, 4.69) is 47.4 Å². The second-order valence-corrected chi connectivity index (χ2v) is 5.26. The summed E-state index contributed by atoms with van der Waals surface area (Å²) in [6.45, 7) is 2.08. The van der Waals surface area contributed by atoms with Gasteiger partial charge >= 0.3 is 0 Å². The Morgan fingerprint density at radius 3 is 2.05 bits per heavy atom. The van der Waals surface area contributed by atoms with Crippen molar-refractivity contribution in [3.63, 3.8) is 0 Å². The van der Waals surface area contributed by atoms with Gasteiger partial charge in [0.15, 0.2) is 0 Å². The van der Waals surface area contributed by atoms with Crippen molar-refractivity contribution in [3.05, 3.63) is 60.2 Å². The summed E-state index contributed by atoms with van der Waals surface area (Å²) in [5, 5.41) is 9.43. The van der Waals surface area contributed by atoms with Crippen LogP contribution in [-0.2, 0) is 0 Å². The summed E-state index contributed by atoms with van der Waals surface area (Å²) in [6.07, 6.45) is 2.42. The molecule has 2 heteroatoms. The van der Waals surface area contributed by atoms with Crippen LogP contribution in [0.1, 0.15) is 24.4 Å². The zero-order valence-corrected chi connectivity index (χ0v) is 11.5.